The molecule has 0 aromatic carbocycles. The van der Waals surface area contributed by atoms with Crippen LogP contribution >= 0.6 is 11.6 Å². The Morgan fingerprint density at radius 3 is 2.78 bits per heavy atom. The van der Waals surface area contributed by atoms with Crippen molar-refractivity contribution >= 4 is 11.6 Å². The van der Waals surface area contributed by atoms with E-state index in [0.29, 0.717) is 18.5 Å². The highest BCUT2D eigenvalue weighted by molar-refractivity contribution is 6.30. The molecule has 8 heteroatoms. The van der Waals surface area contributed by atoms with Crippen LogP contribution in [0.3, 0.4) is 0 Å². The van der Waals surface area contributed by atoms with Crippen molar-refractivity contribution in [3.63, 3.8) is 0 Å². The van der Waals surface area contributed by atoms with Gasteiger partial charge < -0.3 is 0 Å². The zero-order valence-electron chi connectivity index (χ0n) is 9.76. The van der Waals surface area contributed by atoms with Gasteiger partial charge in [0.1, 0.15) is 5.15 Å². The summed E-state index contributed by atoms with van der Waals surface area (Å²) in [7, 11) is 0. The third-order valence-corrected chi connectivity index (χ3v) is 2.93. The second kappa shape index (κ2) is 5.18. The summed E-state index contributed by atoms with van der Waals surface area (Å²) in [6, 6.07) is 0. The third-order valence-electron chi connectivity index (χ3n) is 2.61. The maximum absolute atomic E-state index is 12.0. The maximum Gasteiger partial charge on any atom is 0.329 e. The number of aromatic amines is 1. The first-order valence-electron chi connectivity index (χ1n) is 5.49. The quantitative estimate of drug-likeness (QED) is 0.795. The summed E-state index contributed by atoms with van der Waals surface area (Å²) < 4.78 is 2.67. The molecule has 0 aliphatic carbocycles. The topological polar surface area (TPSA) is 85.6 Å². The summed E-state index contributed by atoms with van der Waals surface area (Å²) in [6.45, 7) is 2.43. The van der Waals surface area contributed by atoms with E-state index in [-0.39, 0.29) is 17.3 Å². The molecule has 0 spiro atoms. The van der Waals surface area contributed by atoms with Gasteiger partial charge >= 0.3 is 5.69 Å². The largest absolute Gasteiger partial charge is 0.329 e. The molecule has 0 radical (unpaired) electrons. The SMILES string of the molecule is CCc1c(Cl)[nH]c(=O)n(CCn2ccnn2)c1=O. The maximum atomic E-state index is 12.0. The van der Waals surface area contributed by atoms with E-state index in [1.165, 1.54) is 6.20 Å². The lowest BCUT2D eigenvalue weighted by molar-refractivity contribution is 0.494. The Balaban J connectivity index is 2.33. The fourth-order valence-electron chi connectivity index (χ4n) is 1.65. The van der Waals surface area contributed by atoms with Crippen LogP contribution in [0.25, 0.3) is 0 Å². The number of hydrogen-bond donors (Lipinski definition) is 1. The first-order valence-corrected chi connectivity index (χ1v) is 5.87. The summed E-state index contributed by atoms with van der Waals surface area (Å²) in [4.78, 5) is 26.1. The number of nitrogens with one attached hydrogen (secondary N) is 1. The van der Waals surface area contributed by atoms with E-state index in [1.807, 2.05) is 6.92 Å². The summed E-state index contributed by atoms with van der Waals surface area (Å²) in [6.07, 6.45) is 3.67. The van der Waals surface area contributed by atoms with Gasteiger partial charge in [-0.3, -0.25) is 19.0 Å². The van der Waals surface area contributed by atoms with Crippen LogP contribution in [0, 0.1) is 0 Å². The molecule has 96 valence electrons. The van der Waals surface area contributed by atoms with Crippen LogP contribution < -0.4 is 11.2 Å². The Hall–Kier alpha value is -1.89. The van der Waals surface area contributed by atoms with Crippen molar-refractivity contribution in [1.82, 2.24) is 24.5 Å². The van der Waals surface area contributed by atoms with E-state index in [2.05, 4.69) is 15.3 Å². The lowest BCUT2D eigenvalue weighted by Crippen LogP contribution is -2.38. The molecular formula is C10H12ClN5O2. The third kappa shape index (κ3) is 2.35. The predicted octanol–water partition coefficient (Wildman–Crippen LogP) is 0.0441. The second-order valence-corrected chi connectivity index (χ2v) is 4.08. The predicted molar refractivity (Wildman–Crippen MR) is 65.7 cm³/mol. The van der Waals surface area contributed by atoms with Crippen molar-refractivity contribution < 1.29 is 0 Å². The Morgan fingerprint density at radius 1 is 1.39 bits per heavy atom. The zero-order chi connectivity index (χ0) is 13.1. The van der Waals surface area contributed by atoms with Crippen LogP contribution in [-0.2, 0) is 19.5 Å². The minimum absolute atomic E-state index is 0.115. The van der Waals surface area contributed by atoms with Gasteiger partial charge in [0.2, 0.25) is 0 Å². The second-order valence-electron chi connectivity index (χ2n) is 3.70. The molecule has 18 heavy (non-hydrogen) atoms. The van der Waals surface area contributed by atoms with Crippen molar-refractivity contribution in [2.24, 2.45) is 0 Å². The normalized spacial score (nSPS) is 10.8. The Labute approximate surface area is 107 Å². The molecule has 0 bridgehead atoms. The van der Waals surface area contributed by atoms with Crippen LogP contribution in [0.15, 0.2) is 22.0 Å². The van der Waals surface area contributed by atoms with E-state index in [9.17, 15) is 9.59 Å². The van der Waals surface area contributed by atoms with Crippen LogP contribution in [0.5, 0.6) is 0 Å². The Bertz CT molecular complexity index is 643. The number of halogens is 1. The summed E-state index contributed by atoms with van der Waals surface area (Å²) in [5.41, 5.74) is -0.455. The molecule has 2 aromatic heterocycles. The summed E-state index contributed by atoms with van der Waals surface area (Å²) in [5, 5.41) is 7.52. The van der Waals surface area contributed by atoms with Gasteiger partial charge in [-0.15, -0.1) is 5.10 Å². The average molecular weight is 270 g/mol. The lowest BCUT2D eigenvalue weighted by Gasteiger charge is -2.07. The van der Waals surface area contributed by atoms with Gasteiger partial charge in [0.15, 0.2) is 0 Å². The minimum atomic E-state index is -0.512. The Kier molecular flexibility index (Phi) is 3.61. The summed E-state index contributed by atoms with van der Waals surface area (Å²) in [5.74, 6) is 0. The molecule has 7 nitrogen and oxygen atoms in total. The molecule has 2 rings (SSSR count). The molecule has 1 N–H and O–H groups in total. The van der Waals surface area contributed by atoms with E-state index in [0.717, 1.165) is 4.57 Å². The molecule has 0 aliphatic heterocycles. The van der Waals surface area contributed by atoms with Crippen molar-refractivity contribution in [2.45, 2.75) is 26.4 Å². The fourth-order valence-corrected chi connectivity index (χ4v) is 1.95. The van der Waals surface area contributed by atoms with Crippen molar-refractivity contribution in [3.8, 4) is 0 Å². The number of nitrogens with zero attached hydrogens (tertiary/aromatic N) is 4. The molecule has 0 fully saturated rings. The fraction of sp³-hybridized carbons (Fsp3) is 0.400. The number of hydrogen-bond acceptors (Lipinski definition) is 4. The molecule has 0 aliphatic rings. The van der Waals surface area contributed by atoms with Crippen molar-refractivity contribution in [1.29, 1.82) is 0 Å². The molecule has 2 aromatic rings. The molecule has 0 saturated carbocycles. The van der Waals surface area contributed by atoms with E-state index >= 15 is 0 Å². The standard InChI is InChI=1S/C10H12ClN5O2/c1-2-7-8(11)13-10(18)16(9(7)17)6-5-15-4-3-12-14-15/h3-4H,2,5-6H2,1H3,(H,13,18). The first-order chi connectivity index (χ1) is 8.63. The first kappa shape index (κ1) is 12.6. The molecule has 0 saturated heterocycles. The van der Waals surface area contributed by atoms with Crippen molar-refractivity contribution in [3.05, 3.63) is 43.9 Å². The molecule has 0 atom stereocenters. The number of H-pyrrole nitrogens is 1. The number of aryl methyl sites for hydroxylation is 1. The Morgan fingerprint density at radius 2 is 2.17 bits per heavy atom. The molecule has 0 amide bonds. The van der Waals surface area contributed by atoms with Gasteiger partial charge in [0, 0.05) is 6.20 Å². The molecule has 2 heterocycles. The van der Waals surface area contributed by atoms with E-state index < -0.39 is 5.69 Å². The van der Waals surface area contributed by atoms with E-state index in [1.54, 1.807) is 10.9 Å². The van der Waals surface area contributed by atoms with Gasteiger partial charge in [0.05, 0.1) is 24.8 Å². The lowest BCUT2D eigenvalue weighted by atomic mass is 10.2. The van der Waals surface area contributed by atoms with Gasteiger partial charge in [-0.1, -0.05) is 23.7 Å². The van der Waals surface area contributed by atoms with Crippen LogP contribution in [0.2, 0.25) is 5.15 Å². The van der Waals surface area contributed by atoms with Crippen LogP contribution in [0.1, 0.15) is 12.5 Å². The highest BCUT2D eigenvalue weighted by atomic mass is 35.5. The highest BCUT2D eigenvalue weighted by Gasteiger charge is 2.10. The number of aromatic nitrogens is 5. The molecule has 0 unspecified atom stereocenters. The zero-order valence-corrected chi connectivity index (χ0v) is 10.5. The van der Waals surface area contributed by atoms with Gasteiger partial charge in [-0.25, -0.2) is 4.79 Å². The average Bonchev–Trinajstić information content (AvgIpc) is 2.81. The van der Waals surface area contributed by atoms with Crippen LogP contribution in [-0.4, -0.2) is 24.5 Å². The van der Waals surface area contributed by atoms with Crippen LogP contribution in [0.4, 0.5) is 0 Å². The van der Waals surface area contributed by atoms with Gasteiger partial charge in [-0.2, -0.15) is 0 Å². The number of rotatable bonds is 4. The molecular weight excluding hydrogens is 258 g/mol. The van der Waals surface area contributed by atoms with Crippen molar-refractivity contribution in [2.75, 3.05) is 0 Å². The minimum Gasteiger partial charge on any atom is -0.297 e. The highest BCUT2D eigenvalue weighted by Crippen LogP contribution is 2.05. The monoisotopic (exact) mass is 269 g/mol. The smallest absolute Gasteiger partial charge is 0.297 e. The van der Waals surface area contributed by atoms with Gasteiger partial charge in [-0.05, 0) is 6.42 Å². The summed E-state index contributed by atoms with van der Waals surface area (Å²) >= 11 is 5.81. The van der Waals surface area contributed by atoms with E-state index in [4.69, 9.17) is 11.6 Å². The van der Waals surface area contributed by atoms with Gasteiger partial charge in [0.25, 0.3) is 5.56 Å².